The van der Waals surface area contributed by atoms with Gasteiger partial charge in [0.1, 0.15) is 7.05 Å². The van der Waals surface area contributed by atoms with Crippen LogP contribution in [0.5, 0.6) is 0 Å². The molecular formula is C25H29N2+. The highest BCUT2D eigenvalue weighted by atomic mass is 14.9. The fraction of sp³-hybridized carbons (Fsp3) is 0.360. The lowest BCUT2D eigenvalue weighted by atomic mass is 9.82. The number of fused-ring (bicyclic) bond motifs is 1. The fourth-order valence-corrected chi connectivity index (χ4v) is 3.60. The largest absolute Gasteiger partial charge is 0.309 e. The van der Waals surface area contributed by atoms with Crippen LogP contribution in [0.4, 0.5) is 0 Å². The summed E-state index contributed by atoms with van der Waals surface area (Å²) < 4.78 is 2.22. The summed E-state index contributed by atoms with van der Waals surface area (Å²) in [5, 5.41) is 2.42. The summed E-state index contributed by atoms with van der Waals surface area (Å²) in [6.45, 7) is 20.5. The van der Waals surface area contributed by atoms with Gasteiger partial charge in [-0.25, -0.2) is 11.1 Å². The zero-order valence-electron chi connectivity index (χ0n) is 17.5. The molecule has 2 heteroatoms. The van der Waals surface area contributed by atoms with E-state index in [1.165, 1.54) is 38.7 Å². The van der Waals surface area contributed by atoms with E-state index < -0.39 is 0 Å². The van der Waals surface area contributed by atoms with E-state index in [1.54, 1.807) is 0 Å². The van der Waals surface area contributed by atoms with Crippen LogP contribution >= 0.6 is 0 Å². The maximum absolute atomic E-state index is 7.32. The Morgan fingerprint density at radius 3 is 2.37 bits per heavy atom. The molecule has 138 valence electrons. The quantitative estimate of drug-likeness (QED) is 0.380. The summed E-state index contributed by atoms with van der Waals surface area (Å²) in [6.07, 6.45) is 2.13. The lowest BCUT2D eigenvalue weighted by molar-refractivity contribution is -0.659. The SMILES string of the molecule is [C-]#[N+]C(C)c1ccc2c(-c3cc(C(C)(C)C)cc(C)c3C)[n+](C)ccc2c1. The van der Waals surface area contributed by atoms with Crippen molar-refractivity contribution in [2.24, 2.45) is 7.05 Å². The molecule has 3 aromatic rings. The summed E-state index contributed by atoms with van der Waals surface area (Å²) in [4.78, 5) is 3.67. The number of hydrogen-bond acceptors (Lipinski definition) is 0. The topological polar surface area (TPSA) is 8.24 Å². The van der Waals surface area contributed by atoms with E-state index in [-0.39, 0.29) is 11.5 Å². The summed E-state index contributed by atoms with van der Waals surface area (Å²) in [5.41, 5.74) is 7.72. The van der Waals surface area contributed by atoms with Gasteiger partial charge in [-0.05, 0) is 59.5 Å². The van der Waals surface area contributed by atoms with Gasteiger partial charge < -0.3 is 4.85 Å². The Bertz CT molecular complexity index is 1060. The molecule has 1 heterocycles. The van der Waals surface area contributed by atoms with Gasteiger partial charge in [-0.2, -0.15) is 0 Å². The van der Waals surface area contributed by atoms with E-state index in [4.69, 9.17) is 6.57 Å². The molecule has 0 bridgehead atoms. The predicted molar refractivity (Wildman–Crippen MR) is 114 cm³/mol. The van der Waals surface area contributed by atoms with Gasteiger partial charge in [0.2, 0.25) is 11.7 Å². The summed E-state index contributed by atoms with van der Waals surface area (Å²) in [6, 6.07) is 13.2. The standard InChI is InChI=1S/C25H29N2/c1-16-13-21(25(4,5)6)15-23(17(16)2)24-22-10-9-19(18(3)26-7)14-20(22)11-12-27(24)8/h9-15,18H,1-6,8H3/q+1. The molecule has 1 atom stereocenters. The normalized spacial score (nSPS) is 12.8. The predicted octanol–water partition coefficient (Wildman–Crippen LogP) is 6.23. The molecule has 0 saturated heterocycles. The average molecular weight is 358 g/mol. The van der Waals surface area contributed by atoms with Gasteiger partial charge >= 0.3 is 0 Å². The van der Waals surface area contributed by atoms with Crippen LogP contribution in [0.15, 0.2) is 42.6 Å². The highest BCUT2D eigenvalue weighted by Gasteiger charge is 2.23. The van der Waals surface area contributed by atoms with Crippen molar-refractivity contribution in [3.05, 3.63) is 76.3 Å². The summed E-state index contributed by atoms with van der Waals surface area (Å²) in [5.74, 6) is 0. The molecule has 0 amide bonds. The smallest absolute Gasteiger partial charge is 0.246 e. The molecule has 0 aliphatic rings. The monoisotopic (exact) mass is 357 g/mol. The zero-order valence-corrected chi connectivity index (χ0v) is 17.5. The van der Waals surface area contributed by atoms with Crippen LogP contribution < -0.4 is 4.57 Å². The first-order valence-corrected chi connectivity index (χ1v) is 9.54. The van der Waals surface area contributed by atoms with Crippen LogP contribution in [0.3, 0.4) is 0 Å². The molecule has 3 rings (SSSR count). The van der Waals surface area contributed by atoms with E-state index in [1.807, 2.05) is 6.92 Å². The first-order chi connectivity index (χ1) is 12.6. The molecule has 0 fully saturated rings. The molecule has 1 unspecified atom stereocenters. The van der Waals surface area contributed by atoms with Crippen molar-refractivity contribution in [3.8, 4) is 11.3 Å². The lowest BCUT2D eigenvalue weighted by Crippen LogP contribution is -2.31. The van der Waals surface area contributed by atoms with E-state index >= 15 is 0 Å². The van der Waals surface area contributed by atoms with Gasteiger partial charge in [0, 0.05) is 18.6 Å². The zero-order chi connectivity index (χ0) is 19.9. The minimum absolute atomic E-state index is 0.106. The molecule has 0 saturated carbocycles. The van der Waals surface area contributed by atoms with Gasteiger partial charge in [-0.15, -0.1) is 0 Å². The number of pyridine rings is 1. The fourth-order valence-electron chi connectivity index (χ4n) is 3.60. The van der Waals surface area contributed by atoms with Crippen molar-refractivity contribution in [3.63, 3.8) is 0 Å². The third-order valence-corrected chi connectivity index (χ3v) is 5.63. The lowest BCUT2D eigenvalue weighted by Gasteiger charge is -2.22. The highest BCUT2D eigenvalue weighted by Crippen LogP contribution is 2.34. The molecule has 0 aliphatic carbocycles. The second kappa shape index (κ2) is 6.82. The maximum Gasteiger partial charge on any atom is 0.246 e. The van der Waals surface area contributed by atoms with Crippen LogP contribution in [-0.2, 0) is 12.5 Å². The van der Waals surface area contributed by atoms with Gasteiger partial charge in [0.05, 0.1) is 10.9 Å². The molecular weight excluding hydrogens is 328 g/mol. The third-order valence-electron chi connectivity index (χ3n) is 5.63. The Hall–Kier alpha value is -2.66. The molecule has 2 aromatic carbocycles. The minimum Gasteiger partial charge on any atom is -0.309 e. The third kappa shape index (κ3) is 3.47. The van der Waals surface area contributed by atoms with Crippen LogP contribution in [0.1, 0.15) is 56.0 Å². The Balaban J connectivity index is 2.33. The number of aryl methyl sites for hydroxylation is 2. The Morgan fingerprint density at radius 1 is 1.04 bits per heavy atom. The summed E-state index contributed by atoms with van der Waals surface area (Å²) in [7, 11) is 2.11. The van der Waals surface area contributed by atoms with Crippen LogP contribution in [-0.4, -0.2) is 0 Å². The van der Waals surface area contributed by atoms with Crippen LogP contribution in [0.2, 0.25) is 0 Å². The molecule has 27 heavy (non-hydrogen) atoms. The first kappa shape index (κ1) is 19.1. The van der Waals surface area contributed by atoms with Gasteiger partial charge in [0.25, 0.3) is 0 Å². The van der Waals surface area contributed by atoms with Crippen LogP contribution in [0, 0.1) is 20.4 Å². The van der Waals surface area contributed by atoms with Crippen molar-refractivity contribution in [1.82, 2.24) is 0 Å². The molecule has 1 aromatic heterocycles. The first-order valence-electron chi connectivity index (χ1n) is 9.54. The van der Waals surface area contributed by atoms with Crippen molar-refractivity contribution in [2.75, 3.05) is 0 Å². The Kier molecular flexibility index (Phi) is 4.82. The van der Waals surface area contributed by atoms with Gasteiger partial charge in [-0.3, -0.25) is 0 Å². The number of rotatable bonds is 2. The Morgan fingerprint density at radius 2 is 1.74 bits per heavy atom. The van der Waals surface area contributed by atoms with Crippen molar-refractivity contribution in [2.45, 2.75) is 53.0 Å². The summed E-state index contributed by atoms with van der Waals surface area (Å²) >= 11 is 0. The molecule has 0 aliphatic heterocycles. The second-order valence-corrected chi connectivity index (χ2v) is 8.64. The molecule has 0 N–H and O–H groups in total. The molecule has 0 radical (unpaired) electrons. The van der Waals surface area contributed by atoms with Crippen molar-refractivity contribution < 1.29 is 4.57 Å². The second-order valence-electron chi connectivity index (χ2n) is 8.64. The minimum atomic E-state index is -0.111. The van der Waals surface area contributed by atoms with Crippen LogP contribution in [0.25, 0.3) is 26.9 Å². The Labute approximate surface area is 163 Å². The number of hydrogen-bond donors (Lipinski definition) is 0. The van der Waals surface area contributed by atoms with E-state index in [9.17, 15) is 0 Å². The maximum atomic E-state index is 7.32. The van der Waals surface area contributed by atoms with E-state index in [0.717, 1.165) is 5.56 Å². The van der Waals surface area contributed by atoms with E-state index in [0.29, 0.717) is 0 Å². The molecule has 2 nitrogen and oxygen atoms in total. The average Bonchev–Trinajstić information content (AvgIpc) is 2.62. The number of aromatic nitrogens is 1. The van der Waals surface area contributed by atoms with Gasteiger partial charge in [-0.1, -0.05) is 32.9 Å². The highest BCUT2D eigenvalue weighted by molar-refractivity contribution is 5.94. The van der Waals surface area contributed by atoms with Gasteiger partial charge in [0.15, 0.2) is 6.20 Å². The molecule has 0 spiro atoms. The number of benzene rings is 2. The number of nitrogens with zero attached hydrogens (tertiary/aromatic N) is 2. The van der Waals surface area contributed by atoms with Crippen molar-refractivity contribution >= 4 is 10.8 Å². The van der Waals surface area contributed by atoms with E-state index in [2.05, 4.69) is 93.7 Å². The van der Waals surface area contributed by atoms with Crippen molar-refractivity contribution in [1.29, 1.82) is 0 Å².